The molecule has 6 rings (SSSR count). The van der Waals surface area contributed by atoms with E-state index in [9.17, 15) is 19.2 Å². The zero-order valence-corrected chi connectivity index (χ0v) is 27.0. The van der Waals surface area contributed by atoms with Crippen molar-refractivity contribution in [3.8, 4) is 11.8 Å². The van der Waals surface area contributed by atoms with Crippen molar-refractivity contribution in [1.29, 1.82) is 5.26 Å². The van der Waals surface area contributed by atoms with Crippen molar-refractivity contribution < 1.29 is 28.0 Å². The normalized spacial score (nSPS) is 25.8. The van der Waals surface area contributed by atoms with Crippen LogP contribution in [0.3, 0.4) is 0 Å². The number of amides is 2. The SMILES string of the molecule is CC(C)(C)NC(=O)C(C#N)=Cc1ccc(F)c(OCCC(=O)N[C@@H](Cc2ccccc2)B2O[C@@H]3C[C@@H]4C[C@@H](C4(C)C)[C@]3(C)O2)c1. The molecule has 4 aliphatic rings. The van der Waals surface area contributed by atoms with Crippen LogP contribution in [-0.2, 0) is 25.3 Å². The monoisotopic (exact) mass is 615 g/mol. The van der Waals surface area contributed by atoms with Gasteiger partial charge in [0.05, 0.1) is 30.7 Å². The number of carbonyl (C=O) groups is 2. The Morgan fingerprint density at radius 3 is 2.58 bits per heavy atom. The van der Waals surface area contributed by atoms with E-state index in [1.54, 1.807) is 0 Å². The zero-order valence-electron chi connectivity index (χ0n) is 27.0. The van der Waals surface area contributed by atoms with E-state index in [0.29, 0.717) is 23.8 Å². The van der Waals surface area contributed by atoms with Gasteiger partial charge in [-0.3, -0.25) is 9.59 Å². The molecule has 3 aliphatic carbocycles. The number of ether oxygens (including phenoxy) is 1. The highest BCUT2D eigenvalue weighted by Crippen LogP contribution is 2.65. The molecule has 4 fully saturated rings. The quantitative estimate of drug-likeness (QED) is 0.210. The maximum absolute atomic E-state index is 14.6. The van der Waals surface area contributed by atoms with Gasteiger partial charge >= 0.3 is 7.12 Å². The fourth-order valence-corrected chi connectivity index (χ4v) is 7.13. The molecule has 238 valence electrons. The summed E-state index contributed by atoms with van der Waals surface area (Å²) in [7, 11) is -0.592. The Morgan fingerprint density at radius 1 is 1.18 bits per heavy atom. The maximum Gasteiger partial charge on any atom is 0.482 e. The molecule has 2 bridgehead atoms. The number of nitriles is 1. The first-order valence-electron chi connectivity index (χ1n) is 15.7. The largest absolute Gasteiger partial charge is 0.490 e. The minimum atomic E-state index is -0.614. The standard InChI is InChI=1S/C35H43BFN3O5/c1-33(2,3)40-32(42)24(21-38)16-23-12-13-26(37)27(17-23)43-15-14-31(41)39-30(18-22-10-8-7-9-11-22)36-44-29-20-25-19-28(34(25,4)5)35(29,6)45-36/h7-13,16-17,25,28-30H,14-15,18-20H2,1-6H3,(H,39,41)(H,40,42)/t25-,28-,29+,30-,35-/m0/s1. The van der Waals surface area contributed by atoms with Crippen LogP contribution in [0.25, 0.3) is 6.08 Å². The Kier molecular flexibility index (Phi) is 9.17. The molecule has 0 unspecified atom stereocenters. The number of benzene rings is 2. The van der Waals surface area contributed by atoms with E-state index < -0.39 is 35.9 Å². The van der Waals surface area contributed by atoms with Crippen molar-refractivity contribution >= 4 is 25.0 Å². The zero-order chi connectivity index (χ0) is 32.6. The van der Waals surface area contributed by atoms with Crippen LogP contribution in [0, 0.1) is 34.4 Å². The van der Waals surface area contributed by atoms with Crippen molar-refractivity contribution in [2.24, 2.45) is 17.3 Å². The second kappa shape index (κ2) is 12.6. The molecule has 2 aromatic rings. The van der Waals surface area contributed by atoms with Gasteiger partial charge in [-0.1, -0.05) is 50.2 Å². The van der Waals surface area contributed by atoms with Crippen molar-refractivity contribution in [2.75, 3.05) is 6.61 Å². The molecule has 0 radical (unpaired) electrons. The Labute approximate surface area is 265 Å². The van der Waals surface area contributed by atoms with Crippen LogP contribution >= 0.6 is 0 Å². The van der Waals surface area contributed by atoms with Crippen molar-refractivity contribution in [3.63, 3.8) is 0 Å². The van der Waals surface area contributed by atoms with Crippen LogP contribution in [0.5, 0.6) is 5.75 Å². The second-order valence-corrected chi connectivity index (χ2v) is 14.4. The smallest absolute Gasteiger partial charge is 0.482 e. The van der Waals surface area contributed by atoms with E-state index in [1.165, 1.54) is 24.3 Å². The molecule has 1 heterocycles. The number of carbonyl (C=O) groups excluding carboxylic acids is 2. The van der Waals surface area contributed by atoms with Crippen LogP contribution < -0.4 is 15.4 Å². The summed E-state index contributed by atoms with van der Waals surface area (Å²) in [5, 5.41) is 15.3. The highest BCUT2D eigenvalue weighted by molar-refractivity contribution is 6.48. The molecule has 0 spiro atoms. The fraction of sp³-hybridized carbons (Fsp3) is 0.514. The van der Waals surface area contributed by atoms with Gasteiger partial charge in [-0.2, -0.15) is 5.26 Å². The Bertz CT molecular complexity index is 1500. The fourth-order valence-electron chi connectivity index (χ4n) is 7.13. The predicted molar refractivity (Wildman–Crippen MR) is 170 cm³/mol. The number of hydrogen-bond acceptors (Lipinski definition) is 6. The molecule has 3 saturated carbocycles. The Hall–Kier alpha value is -3.68. The van der Waals surface area contributed by atoms with Gasteiger partial charge in [-0.05, 0) is 93.5 Å². The summed E-state index contributed by atoms with van der Waals surface area (Å²) < 4.78 is 33.4. The number of hydrogen-bond donors (Lipinski definition) is 2. The van der Waals surface area contributed by atoms with Crippen LogP contribution in [0.4, 0.5) is 4.39 Å². The summed E-state index contributed by atoms with van der Waals surface area (Å²) in [6, 6.07) is 15.9. The van der Waals surface area contributed by atoms with E-state index in [1.807, 2.05) is 57.2 Å². The number of nitrogens with zero attached hydrogens (tertiary/aromatic N) is 1. The van der Waals surface area contributed by atoms with Gasteiger partial charge in [-0.25, -0.2) is 4.39 Å². The van der Waals surface area contributed by atoms with Crippen molar-refractivity contribution in [1.82, 2.24) is 10.6 Å². The minimum absolute atomic E-state index is 0.0110. The second-order valence-electron chi connectivity index (χ2n) is 14.4. The van der Waals surface area contributed by atoms with Crippen LogP contribution in [0.15, 0.2) is 54.1 Å². The third-order valence-corrected chi connectivity index (χ3v) is 9.65. The highest BCUT2D eigenvalue weighted by Gasteiger charge is 2.68. The van der Waals surface area contributed by atoms with Gasteiger partial charge in [0.2, 0.25) is 5.91 Å². The van der Waals surface area contributed by atoms with E-state index in [0.717, 1.165) is 18.4 Å². The summed E-state index contributed by atoms with van der Waals surface area (Å²) in [5.74, 6) is -0.889. The number of nitrogens with one attached hydrogen (secondary N) is 2. The average molecular weight is 616 g/mol. The van der Waals surface area contributed by atoms with Crippen molar-refractivity contribution in [2.45, 2.75) is 90.4 Å². The predicted octanol–water partition coefficient (Wildman–Crippen LogP) is 5.41. The van der Waals surface area contributed by atoms with E-state index in [4.69, 9.17) is 14.0 Å². The molecule has 45 heavy (non-hydrogen) atoms. The topological polar surface area (TPSA) is 110 Å². The molecule has 2 N–H and O–H groups in total. The summed E-state index contributed by atoms with van der Waals surface area (Å²) in [5.41, 5.74) is 0.644. The summed E-state index contributed by atoms with van der Waals surface area (Å²) in [6.45, 7) is 12.1. The molecule has 0 aromatic heterocycles. The minimum Gasteiger partial charge on any atom is -0.490 e. The van der Waals surface area contributed by atoms with Gasteiger partial charge in [0, 0.05) is 5.54 Å². The third kappa shape index (κ3) is 7.10. The van der Waals surface area contributed by atoms with Gasteiger partial charge in [0.15, 0.2) is 11.6 Å². The van der Waals surface area contributed by atoms with Crippen LogP contribution in [0.2, 0.25) is 0 Å². The summed E-state index contributed by atoms with van der Waals surface area (Å²) in [4.78, 5) is 25.7. The molecular formula is C35H43BFN3O5. The molecule has 2 aromatic carbocycles. The first-order valence-corrected chi connectivity index (χ1v) is 15.7. The lowest BCUT2D eigenvalue weighted by Crippen LogP contribution is -2.65. The molecule has 1 saturated heterocycles. The Morgan fingerprint density at radius 2 is 1.91 bits per heavy atom. The first-order chi connectivity index (χ1) is 21.2. The summed E-state index contributed by atoms with van der Waals surface area (Å²) in [6.07, 6.45) is 3.96. The molecule has 5 atom stereocenters. The summed E-state index contributed by atoms with van der Waals surface area (Å²) >= 11 is 0. The van der Waals surface area contributed by atoms with E-state index in [2.05, 4.69) is 31.4 Å². The van der Waals surface area contributed by atoms with Crippen LogP contribution in [0.1, 0.15) is 71.9 Å². The first kappa shape index (κ1) is 32.7. The molecular weight excluding hydrogens is 572 g/mol. The van der Waals surface area contributed by atoms with Gasteiger partial charge in [-0.15, -0.1) is 0 Å². The van der Waals surface area contributed by atoms with E-state index in [-0.39, 0.29) is 41.8 Å². The van der Waals surface area contributed by atoms with E-state index >= 15 is 0 Å². The third-order valence-electron chi connectivity index (χ3n) is 9.65. The lowest BCUT2D eigenvalue weighted by Gasteiger charge is -2.64. The molecule has 1 aliphatic heterocycles. The van der Waals surface area contributed by atoms with Crippen LogP contribution in [-0.4, -0.2) is 48.7 Å². The van der Waals surface area contributed by atoms with Gasteiger partial charge < -0.3 is 24.7 Å². The van der Waals surface area contributed by atoms with Gasteiger partial charge in [0.1, 0.15) is 11.6 Å². The molecule has 2 amide bonds. The molecule has 10 heteroatoms. The number of halogens is 1. The highest BCUT2D eigenvalue weighted by atomic mass is 19.1. The molecule has 8 nitrogen and oxygen atoms in total. The van der Waals surface area contributed by atoms with Crippen molar-refractivity contribution in [3.05, 3.63) is 71.0 Å². The van der Waals surface area contributed by atoms with Gasteiger partial charge in [0.25, 0.3) is 5.91 Å². The Balaban J connectivity index is 1.23. The average Bonchev–Trinajstić information content (AvgIpc) is 3.34. The number of rotatable bonds is 10. The lowest BCUT2D eigenvalue weighted by molar-refractivity contribution is -0.199. The lowest BCUT2D eigenvalue weighted by atomic mass is 9.43. The maximum atomic E-state index is 14.6.